The Balaban J connectivity index is 1.92. The molecule has 17 heavy (non-hydrogen) atoms. The van der Waals surface area contributed by atoms with E-state index in [9.17, 15) is 9.90 Å². The van der Waals surface area contributed by atoms with Gasteiger partial charge >= 0.3 is 5.97 Å². The van der Waals surface area contributed by atoms with Crippen molar-refractivity contribution >= 4 is 5.97 Å². The van der Waals surface area contributed by atoms with Gasteiger partial charge in [-0.05, 0) is 17.7 Å². The number of carboxylic acid groups (broad SMARTS) is 1. The van der Waals surface area contributed by atoms with E-state index in [0.717, 1.165) is 5.56 Å². The summed E-state index contributed by atoms with van der Waals surface area (Å²) in [6, 6.07) is 5.22. The molecule has 1 aromatic rings. The number of methoxy groups -OCH3 is 1. The Labute approximate surface area is 99.2 Å². The normalized spacial score (nSPS) is 16.5. The second-order valence-corrected chi connectivity index (χ2v) is 4.24. The van der Waals surface area contributed by atoms with Gasteiger partial charge in [0.2, 0.25) is 0 Å². The average molecular weight is 237 g/mol. The third-order valence-corrected chi connectivity index (χ3v) is 2.96. The summed E-state index contributed by atoms with van der Waals surface area (Å²) in [7, 11) is 1.50. The Kier molecular flexibility index (Phi) is 3.19. The van der Waals surface area contributed by atoms with Crippen molar-refractivity contribution < 1.29 is 19.7 Å². The van der Waals surface area contributed by atoms with Crippen molar-refractivity contribution in [2.45, 2.75) is 6.54 Å². The molecule has 0 atom stereocenters. The molecule has 2 N–H and O–H groups in total. The Morgan fingerprint density at radius 2 is 2.24 bits per heavy atom. The van der Waals surface area contributed by atoms with Gasteiger partial charge in [0.15, 0.2) is 11.5 Å². The van der Waals surface area contributed by atoms with Gasteiger partial charge in [-0.25, -0.2) is 0 Å². The van der Waals surface area contributed by atoms with Gasteiger partial charge in [-0.1, -0.05) is 6.07 Å². The minimum absolute atomic E-state index is 0.111. The molecule has 0 saturated carbocycles. The standard InChI is InChI=1S/C12H15NO4/c1-17-11-3-2-8(4-10(11)14)5-13-6-9(7-13)12(15)16/h2-4,9,14H,5-7H2,1H3,(H,15,16). The number of carbonyl (C=O) groups is 1. The topological polar surface area (TPSA) is 70.0 Å². The van der Waals surface area contributed by atoms with Crippen LogP contribution < -0.4 is 4.74 Å². The van der Waals surface area contributed by atoms with Crippen LogP contribution in [-0.4, -0.2) is 41.3 Å². The molecular weight excluding hydrogens is 222 g/mol. The van der Waals surface area contributed by atoms with Crippen LogP contribution in [0.1, 0.15) is 5.56 Å². The van der Waals surface area contributed by atoms with Crippen molar-refractivity contribution in [3.05, 3.63) is 23.8 Å². The molecule has 0 aliphatic carbocycles. The van der Waals surface area contributed by atoms with Crippen LogP contribution in [0.4, 0.5) is 0 Å². The number of ether oxygens (including phenoxy) is 1. The quantitative estimate of drug-likeness (QED) is 0.814. The van der Waals surface area contributed by atoms with E-state index >= 15 is 0 Å². The van der Waals surface area contributed by atoms with E-state index < -0.39 is 5.97 Å². The van der Waals surface area contributed by atoms with Crippen LogP contribution in [0.25, 0.3) is 0 Å². The van der Waals surface area contributed by atoms with Crippen molar-refractivity contribution in [1.29, 1.82) is 0 Å². The van der Waals surface area contributed by atoms with Crippen LogP contribution in [-0.2, 0) is 11.3 Å². The number of carboxylic acids is 1. The number of phenols is 1. The van der Waals surface area contributed by atoms with Gasteiger partial charge in [0.1, 0.15) is 0 Å². The number of nitrogens with zero attached hydrogens (tertiary/aromatic N) is 1. The summed E-state index contributed by atoms with van der Waals surface area (Å²) in [4.78, 5) is 12.7. The highest BCUT2D eigenvalue weighted by Gasteiger charge is 2.32. The van der Waals surface area contributed by atoms with E-state index in [0.29, 0.717) is 25.4 Å². The van der Waals surface area contributed by atoms with Crippen LogP contribution in [0.2, 0.25) is 0 Å². The van der Waals surface area contributed by atoms with Crippen molar-refractivity contribution in [3.63, 3.8) is 0 Å². The lowest BCUT2D eigenvalue weighted by Crippen LogP contribution is -2.49. The molecule has 1 saturated heterocycles. The second-order valence-electron chi connectivity index (χ2n) is 4.24. The molecule has 1 aliphatic heterocycles. The number of aromatic hydroxyl groups is 1. The van der Waals surface area contributed by atoms with Crippen molar-refractivity contribution in [2.75, 3.05) is 20.2 Å². The zero-order valence-corrected chi connectivity index (χ0v) is 9.59. The van der Waals surface area contributed by atoms with Gasteiger partial charge in [-0.3, -0.25) is 9.69 Å². The van der Waals surface area contributed by atoms with E-state index in [1.54, 1.807) is 12.1 Å². The number of rotatable bonds is 4. The fourth-order valence-electron chi connectivity index (χ4n) is 1.95. The molecule has 92 valence electrons. The smallest absolute Gasteiger partial charge is 0.309 e. The zero-order chi connectivity index (χ0) is 12.4. The monoisotopic (exact) mass is 237 g/mol. The van der Waals surface area contributed by atoms with Gasteiger partial charge in [-0.15, -0.1) is 0 Å². The predicted octanol–water partition coefficient (Wildman–Crippen LogP) is 0.917. The molecule has 0 bridgehead atoms. The van der Waals surface area contributed by atoms with Crippen LogP contribution in [0.3, 0.4) is 0 Å². The summed E-state index contributed by atoms with van der Waals surface area (Å²) in [6.45, 7) is 1.80. The molecule has 0 radical (unpaired) electrons. The highest BCUT2D eigenvalue weighted by atomic mass is 16.5. The zero-order valence-electron chi connectivity index (χ0n) is 9.59. The molecule has 0 spiro atoms. The first kappa shape index (κ1) is 11.7. The maximum Gasteiger partial charge on any atom is 0.309 e. The van der Waals surface area contributed by atoms with Gasteiger partial charge in [0.25, 0.3) is 0 Å². The van der Waals surface area contributed by atoms with Crippen LogP contribution >= 0.6 is 0 Å². The molecule has 0 aromatic heterocycles. The van der Waals surface area contributed by atoms with Crippen molar-refractivity contribution in [3.8, 4) is 11.5 Å². The predicted molar refractivity (Wildman–Crippen MR) is 61.1 cm³/mol. The van der Waals surface area contributed by atoms with E-state index in [4.69, 9.17) is 9.84 Å². The van der Waals surface area contributed by atoms with Gasteiger partial charge in [0.05, 0.1) is 13.0 Å². The summed E-state index contributed by atoms with van der Waals surface area (Å²) in [5.74, 6) is -0.429. The third-order valence-electron chi connectivity index (χ3n) is 2.96. The first-order valence-electron chi connectivity index (χ1n) is 5.41. The lowest BCUT2D eigenvalue weighted by Gasteiger charge is -2.36. The number of benzene rings is 1. The fraction of sp³-hybridized carbons (Fsp3) is 0.417. The molecule has 1 aliphatic rings. The molecule has 5 nitrogen and oxygen atoms in total. The molecular formula is C12H15NO4. The largest absolute Gasteiger partial charge is 0.504 e. The van der Waals surface area contributed by atoms with Gasteiger partial charge in [0, 0.05) is 19.6 Å². The van der Waals surface area contributed by atoms with Crippen LogP contribution in [0.5, 0.6) is 11.5 Å². The summed E-state index contributed by atoms with van der Waals surface area (Å²) in [6.07, 6.45) is 0. The average Bonchev–Trinajstić information content (AvgIpc) is 2.22. The van der Waals surface area contributed by atoms with Crippen molar-refractivity contribution in [2.24, 2.45) is 5.92 Å². The maximum absolute atomic E-state index is 10.6. The number of hydrogen-bond donors (Lipinski definition) is 2. The number of aliphatic carboxylic acids is 1. The molecule has 1 aromatic carbocycles. The van der Waals surface area contributed by atoms with Gasteiger partial charge < -0.3 is 14.9 Å². The summed E-state index contributed by atoms with van der Waals surface area (Å²) in [5, 5.41) is 18.3. The van der Waals surface area contributed by atoms with Crippen LogP contribution in [0.15, 0.2) is 18.2 Å². The highest BCUT2D eigenvalue weighted by molar-refractivity contribution is 5.71. The Morgan fingerprint density at radius 1 is 1.53 bits per heavy atom. The molecule has 2 rings (SSSR count). The fourth-order valence-corrected chi connectivity index (χ4v) is 1.95. The Bertz CT molecular complexity index is 427. The van der Waals surface area contributed by atoms with Crippen LogP contribution in [0, 0.1) is 5.92 Å². The number of likely N-dealkylation sites (tertiary alicyclic amines) is 1. The summed E-state index contributed by atoms with van der Waals surface area (Å²) >= 11 is 0. The first-order valence-corrected chi connectivity index (χ1v) is 5.41. The van der Waals surface area contributed by atoms with E-state index in [2.05, 4.69) is 0 Å². The molecule has 5 heteroatoms. The second kappa shape index (κ2) is 4.63. The lowest BCUT2D eigenvalue weighted by molar-refractivity contribution is -0.147. The highest BCUT2D eigenvalue weighted by Crippen LogP contribution is 2.28. The molecule has 1 heterocycles. The minimum atomic E-state index is -0.737. The van der Waals surface area contributed by atoms with E-state index in [-0.39, 0.29) is 11.7 Å². The lowest BCUT2D eigenvalue weighted by atomic mass is 9.99. The SMILES string of the molecule is COc1ccc(CN2CC(C(=O)O)C2)cc1O. The Morgan fingerprint density at radius 3 is 2.76 bits per heavy atom. The minimum Gasteiger partial charge on any atom is -0.504 e. The maximum atomic E-state index is 10.6. The van der Waals surface area contributed by atoms with E-state index in [1.165, 1.54) is 7.11 Å². The third kappa shape index (κ3) is 2.50. The molecule has 0 unspecified atom stereocenters. The first-order chi connectivity index (χ1) is 8.10. The molecule has 1 fully saturated rings. The van der Waals surface area contributed by atoms with E-state index in [1.807, 2.05) is 11.0 Å². The number of phenolic OH excluding ortho intramolecular Hbond substituents is 1. The summed E-state index contributed by atoms with van der Waals surface area (Å²) < 4.78 is 4.95. The number of hydrogen-bond acceptors (Lipinski definition) is 4. The molecule has 0 amide bonds. The summed E-state index contributed by atoms with van der Waals surface area (Å²) in [5.41, 5.74) is 0.951. The van der Waals surface area contributed by atoms with Crippen molar-refractivity contribution in [1.82, 2.24) is 4.90 Å². The Hall–Kier alpha value is -1.75. The van der Waals surface area contributed by atoms with Gasteiger partial charge in [-0.2, -0.15) is 0 Å².